The Hall–Kier alpha value is -2.35. The molecule has 1 aliphatic rings. The van der Waals surface area contributed by atoms with Gasteiger partial charge in [0, 0.05) is 19.7 Å². The van der Waals surface area contributed by atoms with E-state index in [1.165, 1.54) is 7.11 Å². The summed E-state index contributed by atoms with van der Waals surface area (Å²) in [5, 5.41) is 2.44. The van der Waals surface area contributed by atoms with Crippen molar-refractivity contribution in [2.24, 2.45) is 0 Å². The summed E-state index contributed by atoms with van der Waals surface area (Å²) in [6.07, 6.45) is 0. The van der Waals surface area contributed by atoms with Gasteiger partial charge < -0.3 is 10.1 Å². The van der Waals surface area contributed by atoms with Crippen molar-refractivity contribution in [3.05, 3.63) is 29.3 Å². The SMILES string of the molecule is COCCNC(=O)CN1C(=O)C(=O)c2cc(F)cc(F)c21. The molecule has 0 aromatic heterocycles. The second-order valence-corrected chi connectivity index (χ2v) is 4.35. The number of carbonyl (C=O) groups excluding carboxylic acids is 3. The lowest BCUT2D eigenvalue weighted by atomic mass is 10.1. The van der Waals surface area contributed by atoms with Gasteiger partial charge in [-0.05, 0) is 6.07 Å². The summed E-state index contributed by atoms with van der Waals surface area (Å²) in [6, 6.07) is 1.34. The van der Waals surface area contributed by atoms with E-state index in [1.54, 1.807) is 0 Å². The number of nitrogens with one attached hydrogen (secondary N) is 1. The smallest absolute Gasteiger partial charge is 0.300 e. The molecule has 1 aromatic rings. The molecule has 2 rings (SSSR count). The Morgan fingerprint density at radius 2 is 2.05 bits per heavy atom. The molecule has 0 unspecified atom stereocenters. The van der Waals surface area contributed by atoms with Gasteiger partial charge in [0.2, 0.25) is 5.91 Å². The molecule has 0 atom stereocenters. The van der Waals surface area contributed by atoms with Crippen LogP contribution in [0.4, 0.5) is 14.5 Å². The molecule has 6 nitrogen and oxygen atoms in total. The summed E-state index contributed by atoms with van der Waals surface area (Å²) in [5.41, 5.74) is -0.740. The lowest BCUT2D eigenvalue weighted by Crippen LogP contribution is -2.41. The molecule has 21 heavy (non-hydrogen) atoms. The van der Waals surface area contributed by atoms with Crippen molar-refractivity contribution in [2.45, 2.75) is 0 Å². The second-order valence-electron chi connectivity index (χ2n) is 4.35. The van der Waals surface area contributed by atoms with E-state index in [0.29, 0.717) is 11.0 Å². The zero-order valence-electron chi connectivity index (χ0n) is 11.1. The number of Topliss-reactive ketones (excluding diaryl/α,β-unsaturated/α-hetero) is 1. The topological polar surface area (TPSA) is 75.7 Å². The molecule has 1 aliphatic heterocycles. The van der Waals surface area contributed by atoms with E-state index < -0.39 is 35.8 Å². The maximum atomic E-state index is 13.8. The number of nitrogens with zero attached hydrogens (tertiary/aromatic N) is 1. The van der Waals surface area contributed by atoms with Gasteiger partial charge in [-0.25, -0.2) is 8.78 Å². The number of amides is 2. The minimum atomic E-state index is -1.06. The Balaban J connectivity index is 2.21. The number of halogens is 2. The number of benzene rings is 1. The van der Waals surface area contributed by atoms with Crippen molar-refractivity contribution in [2.75, 3.05) is 31.7 Å². The van der Waals surface area contributed by atoms with Crippen LogP contribution in [-0.2, 0) is 14.3 Å². The van der Waals surface area contributed by atoms with Crippen LogP contribution in [0.25, 0.3) is 0 Å². The average Bonchev–Trinajstić information content (AvgIpc) is 2.64. The number of hydrogen-bond donors (Lipinski definition) is 1. The summed E-state index contributed by atoms with van der Waals surface area (Å²) in [6.45, 7) is -0.0390. The predicted octanol–water partition coefficient (Wildman–Crippen LogP) is 0.257. The Labute approximate surface area is 118 Å². The fourth-order valence-electron chi connectivity index (χ4n) is 2.00. The van der Waals surface area contributed by atoms with Gasteiger partial charge in [0.25, 0.3) is 11.7 Å². The van der Waals surface area contributed by atoms with Crippen LogP contribution in [0.1, 0.15) is 10.4 Å². The van der Waals surface area contributed by atoms with E-state index in [1.807, 2.05) is 0 Å². The van der Waals surface area contributed by atoms with Gasteiger partial charge in [-0.15, -0.1) is 0 Å². The second kappa shape index (κ2) is 5.96. The fraction of sp³-hybridized carbons (Fsp3) is 0.308. The van der Waals surface area contributed by atoms with Gasteiger partial charge in [0.1, 0.15) is 12.4 Å². The largest absolute Gasteiger partial charge is 0.383 e. The van der Waals surface area contributed by atoms with E-state index >= 15 is 0 Å². The van der Waals surface area contributed by atoms with Gasteiger partial charge in [-0.3, -0.25) is 19.3 Å². The van der Waals surface area contributed by atoms with E-state index in [-0.39, 0.29) is 24.4 Å². The Bertz CT molecular complexity index is 618. The van der Waals surface area contributed by atoms with Crippen LogP contribution >= 0.6 is 0 Å². The van der Waals surface area contributed by atoms with Crippen LogP contribution in [0, 0.1) is 11.6 Å². The van der Waals surface area contributed by atoms with E-state index in [2.05, 4.69) is 5.32 Å². The standard InChI is InChI=1S/C13H12F2N2O4/c1-21-3-2-16-10(18)6-17-11-8(12(19)13(17)20)4-7(14)5-9(11)15/h4-5H,2-3,6H2,1H3,(H,16,18). The minimum Gasteiger partial charge on any atom is -0.383 e. The maximum absolute atomic E-state index is 13.8. The molecule has 1 aromatic carbocycles. The quantitative estimate of drug-likeness (QED) is 0.625. The molecule has 0 fully saturated rings. The first-order valence-corrected chi connectivity index (χ1v) is 6.06. The normalized spacial score (nSPS) is 13.6. The van der Waals surface area contributed by atoms with Crippen LogP contribution < -0.4 is 10.2 Å². The molecule has 0 radical (unpaired) electrons. The molecule has 112 valence electrons. The summed E-state index contributed by atoms with van der Waals surface area (Å²) >= 11 is 0. The highest BCUT2D eigenvalue weighted by Crippen LogP contribution is 2.32. The van der Waals surface area contributed by atoms with Crippen molar-refractivity contribution in [1.82, 2.24) is 5.32 Å². The zero-order chi connectivity index (χ0) is 15.6. The van der Waals surface area contributed by atoms with Gasteiger partial charge in [0.05, 0.1) is 17.9 Å². The Morgan fingerprint density at radius 1 is 1.33 bits per heavy atom. The monoisotopic (exact) mass is 298 g/mol. The third-order valence-electron chi connectivity index (χ3n) is 2.91. The van der Waals surface area contributed by atoms with Crippen LogP contribution in [0.2, 0.25) is 0 Å². The van der Waals surface area contributed by atoms with Crippen molar-refractivity contribution < 1.29 is 27.9 Å². The molecule has 0 saturated carbocycles. The lowest BCUT2D eigenvalue weighted by molar-refractivity contribution is -0.122. The first-order valence-electron chi connectivity index (χ1n) is 6.06. The molecule has 2 amide bonds. The molecule has 0 spiro atoms. The van der Waals surface area contributed by atoms with Gasteiger partial charge in [-0.1, -0.05) is 0 Å². The van der Waals surface area contributed by atoms with Crippen molar-refractivity contribution in [3.63, 3.8) is 0 Å². The molecular formula is C13H12F2N2O4. The highest BCUT2D eigenvalue weighted by Gasteiger charge is 2.39. The van der Waals surface area contributed by atoms with E-state index in [9.17, 15) is 23.2 Å². The Kier molecular flexibility index (Phi) is 4.27. The summed E-state index contributed by atoms with van der Waals surface area (Å²) < 4.78 is 31.6. The number of carbonyl (C=O) groups is 3. The van der Waals surface area contributed by atoms with E-state index in [0.717, 1.165) is 6.07 Å². The van der Waals surface area contributed by atoms with E-state index in [4.69, 9.17) is 4.74 Å². The number of anilines is 1. The molecule has 1 heterocycles. The van der Waals surface area contributed by atoms with Crippen LogP contribution in [0.3, 0.4) is 0 Å². The van der Waals surface area contributed by atoms with Crippen molar-refractivity contribution in [1.29, 1.82) is 0 Å². The summed E-state index contributed by atoms with van der Waals surface area (Å²) in [4.78, 5) is 35.8. The highest BCUT2D eigenvalue weighted by molar-refractivity contribution is 6.52. The van der Waals surface area contributed by atoms with Crippen LogP contribution in [-0.4, -0.2) is 44.4 Å². The minimum absolute atomic E-state index is 0.212. The number of rotatable bonds is 5. The fourth-order valence-corrected chi connectivity index (χ4v) is 2.00. The Morgan fingerprint density at radius 3 is 2.71 bits per heavy atom. The van der Waals surface area contributed by atoms with Crippen molar-refractivity contribution in [3.8, 4) is 0 Å². The third-order valence-corrected chi connectivity index (χ3v) is 2.91. The maximum Gasteiger partial charge on any atom is 0.300 e. The predicted molar refractivity (Wildman–Crippen MR) is 67.9 cm³/mol. The first kappa shape index (κ1) is 15.0. The molecule has 8 heteroatoms. The molecule has 0 aliphatic carbocycles. The molecule has 0 bridgehead atoms. The molecule has 1 N–H and O–H groups in total. The third kappa shape index (κ3) is 2.89. The zero-order valence-corrected chi connectivity index (χ0v) is 11.1. The number of hydrogen-bond acceptors (Lipinski definition) is 4. The van der Waals surface area contributed by atoms with Gasteiger partial charge in [-0.2, -0.15) is 0 Å². The van der Waals surface area contributed by atoms with Gasteiger partial charge >= 0.3 is 0 Å². The molecule has 0 saturated heterocycles. The van der Waals surface area contributed by atoms with Crippen LogP contribution in [0.5, 0.6) is 0 Å². The summed E-state index contributed by atoms with van der Waals surface area (Å²) in [7, 11) is 1.45. The molecular weight excluding hydrogens is 286 g/mol. The van der Waals surface area contributed by atoms with Crippen molar-refractivity contribution >= 4 is 23.3 Å². The van der Waals surface area contributed by atoms with Crippen LogP contribution in [0.15, 0.2) is 12.1 Å². The summed E-state index contributed by atoms with van der Waals surface area (Å²) in [5.74, 6) is -4.69. The lowest BCUT2D eigenvalue weighted by Gasteiger charge is -2.16. The number of ketones is 1. The number of methoxy groups -OCH3 is 1. The van der Waals surface area contributed by atoms with Gasteiger partial charge in [0.15, 0.2) is 5.82 Å². The first-order chi connectivity index (χ1) is 9.95. The average molecular weight is 298 g/mol. The highest BCUT2D eigenvalue weighted by atomic mass is 19.1. The number of ether oxygens (including phenoxy) is 1. The number of fused-ring (bicyclic) bond motifs is 1.